The first-order valence-corrected chi connectivity index (χ1v) is 10.1. The molecule has 28 heavy (non-hydrogen) atoms. The normalized spacial score (nSPS) is 13.2. The van der Waals surface area contributed by atoms with Crippen LogP contribution in [0.1, 0.15) is 39.3 Å². The number of aryl methyl sites for hydroxylation is 2. The summed E-state index contributed by atoms with van der Waals surface area (Å²) in [5, 5.41) is 3.60. The Morgan fingerprint density at radius 3 is 2.82 bits per heavy atom. The summed E-state index contributed by atoms with van der Waals surface area (Å²) in [5.74, 6) is -0.597. The van der Waals surface area contributed by atoms with Crippen LogP contribution in [0.2, 0.25) is 5.02 Å². The van der Waals surface area contributed by atoms with Crippen LogP contribution >= 0.6 is 22.9 Å². The molecule has 1 aliphatic carbocycles. The highest BCUT2D eigenvalue weighted by atomic mass is 35.5. The van der Waals surface area contributed by atoms with Gasteiger partial charge in [0, 0.05) is 16.1 Å². The first-order chi connectivity index (χ1) is 13.5. The Hall–Kier alpha value is -2.71. The van der Waals surface area contributed by atoms with Gasteiger partial charge in [0.15, 0.2) is 5.13 Å². The van der Waals surface area contributed by atoms with Gasteiger partial charge < -0.3 is 4.98 Å². The third-order valence-electron chi connectivity index (χ3n) is 4.66. The maximum absolute atomic E-state index is 12.8. The van der Waals surface area contributed by atoms with E-state index in [0.29, 0.717) is 15.7 Å². The molecule has 0 atom stereocenters. The summed E-state index contributed by atoms with van der Waals surface area (Å²) in [6.07, 6.45) is 5.22. The topological polar surface area (TPSA) is 96.8 Å². The summed E-state index contributed by atoms with van der Waals surface area (Å²) in [5.41, 5.74) is 0.194. The fraction of sp³-hybridized carbons (Fsp3) is 0.263. The van der Waals surface area contributed by atoms with Crippen LogP contribution in [0.25, 0.3) is 0 Å². The van der Waals surface area contributed by atoms with Gasteiger partial charge in [-0.2, -0.15) is 0 Å². The second-order valence-electron chi connectivity index (χ2n) is 6.54. The lowest BCUT2D eigenvalue weighted by Gasteiger charge is -2.08. The molecule has 2 N–H and O–H groups in total. The number of thiazole rings is 1. The number of carbonyl (C=O) groups excluding carboxylic acids is 1. The van der Waals surface area contributed by atoms with Gasteiger partial charge in [-0.15, -0.1) is 11.3 Å². The highest BCUT2D eigenvalue weighted by molar-refractivity contribution is 7.15. The predicted octanol–water partition coefficient (Wildman–Crippen LogP) is 2.83. The van der Waals surface area contributed by atoms with E-state index in [1.54, 1.807) is 24.3 Å². The highest BCUT2D eigenvalue weighted by Crippen LogP contribution is 2.29. The van der Waals surface area contributed by atoms with Crippen molar-refractivity contribution in [3.63, 3.8) is 0 Å². The molecule has 144 valence electrons. The summed E-state index contributed by atoms with van der Waals surface area (Å²) < 4.78 is 0.961. The van der Waals surface area contributed by atoms with E-state index in [1.807, 2.05) is 0 Å². The monoisotopic (exact) mass is 416 g/mol. The Kier molecular flexibility index (Phi) is 5.15. The number of halogens is 1. The smallest absolute Gasteiger partial charge is 0.313 e. The van der Waals surface area contributed by atoms with Crippen molar-refractivity contribution in [2.75, 3.05) is 5.32 Å². The number of H-pyrrole nitrogens is 1. The van der Waals surface area contributed by atoms with E-state index < -0.39 is 17.2 Å². The average molecular weight is 417 g/mol. The fourth-order valence-electron chi connectivity index (χ4n) is 3.18. The zero-order valence-electron chi connectivity index (χ0n) is 14.8. The van der Waals surface area contributed by atoms with Crippen molar-refractivity contribution in [3.8, 4) is 0 Å². The highest BCUT2D eigenvalue weighted by Gasteiger charge is 2.20. The average Bonchev–Trinajstić information content (AvgIpc) is 3.08. The van der Waals surface area contributed by atoms with E-state index >= 15 is 0 Å². The zero-order chi connectivity index (χ0) is 19.7. The number of rotatable bonds is 4. The van der Waals surface area contributed by atoms with Gasteiger partial charge in [-0.3, -0.25) is 19.5 Å². The zero-order valence-corrected chi connectivity index (χ0v) is 16.4. The van der Waals surface area contributed by atoms with E-state index in [9.17, 15) is 14.4 Å². The maximum atomic E-state index is 12.8. The number of carbonyl (C=O) groups is 1. The van der Waals surface area contributed by atoms with Gasteiger partial charge in [0.25, 0.3) is 11.5 Å². The number of nitrogens with zero attached hydrogens (tertiary/aromatic N) is 2. The minimum absolute atomic E-state index is 0.0273. The molecule has 0 unspecified atom stereocenters. The molecule has 2 aromatic heterocycles. The summed E-state index contributed by atoms with van der Waals surface area (Å²) in [7, 11) is 0. The molecule has 1 aliphatic rings. The summed E-state index contributed by atoms with van der Waals surface area (Å²) in [4.78, 5) is 45.6. The summed E-state index contributed by atoms with van der Waals surface area (Å²) in [6.45, 7) is -0.0273. The Morgan fingerprint density at radius 2 is 2.04 bits per heavy atom. The number of benzene rings is 1. The van der Waals surface area contributed by atoms with E-state index in [0.717, 1.165) is 42.1 Å². The van der Waals surface area contributed by atoms with Gasteiger partial charge in [0.05, 0.1) is 12.2 Å². The Bertz CT molecular complexity index is 1140. The van der Waals surface area contributed by atoms with Crippen LogP contribution in [0.4, 0.5) is 5.13 Å². The molecular formula is C19H17ClN4O3S. The van der Waals surface area contributed by atoms with E-state index in [4.69, 9.17) is 11.6 Å². The third-order valence-corrected chi connectivity index (χ3v) is 6.10. The molecule has 1 amide bonds. The van der Waals surface area contributed by atoms with Gasteiger partial charge in [-0.05, 0) is 37.3 Å². The summed E-state index contributed by atoms with van der Waals surface area (Å²) >= 11 is 7.56. The van der Waals surface area contributed by atoms with Crippen molar-refractivity contribution in [1.82, 2.24) is 14.5 Å². The minimum atomic E-state index is -0.678. The Morgan fingerprint density at radius 1 is 1.25 bits per heavy atom. The molecule has 9 heteroatoms. The second kappa shape index (κ2) is 7.73. The molecule has 7 nitrogen and oxygen atoms in total. The van der Waals surface area contributed by atoms with Crippen molar-refractivity contribution < 1.29 is 4.79 Å². The molecule has 4 rings (SSSR count). The van der Waals surface area contributed by atoms with E-state index in [-0.39, 0.29) is 12.1 Å². The second-order valence-corrected chi connectivity index (χ2v) is 8.03. The molecule has 0 bridgehead atoms. The number of amides is 1. The number of hydrogen-bond donors (Lipinski definition) is 2. The molecule has 0 saturated heterocycles. The van der Waals surface area contributed by atoms with Crippen molar-refractivity contribution in [3.05, 3.63) is 78.0 Å². The molecule has 0 radical (unpaired) electrons. The molecule has 3 aromatic rings. The molecule has 1 aromatic carbocycles. The fourth-order valence-corrected chi connectivity index (χ4v) is 4.42. The molecule has 0 aliphatic heterocycles. The van der Waals surface area contributed by atoms with Crippen LogP contribution < -0.4 is 16.6 Å². The van der Waals surface area contributed by atoms with Crippen molar-refractivity contribution in [2.24, 2.45) is 0 Å². The molecule has 0 fully saturated rings. The maximum Gasteiger partial charge on any atom is 0.328 e. The lowest BCUT2D eigenvalue weighted by molar-refractivity contribution is 0.102. The van der Waals surface area contributed by atoms with Crippen LogP contribution in [0.15, 0.2) is 40.1 Å². The Labute approximate surface area is 169 Å². The quantitative estimate of drug-likeness (QED) is 0.683. The van der Waals surface area contributed by atoms with Gasteiger partial charge in [0.1, 0.15) is 5.56 Å². The number of nitrogens with one attached hydrogen (secondary N) is 2. The lowest BCUT2D eigenvalue weighted by Crippen LogP contribution is -2.39. The van der Waals surface area contributed by atoms with E-state index in [1.165, 1.54) is 16.2 Å². The van der Waals surface area contributed by atoms with Crippen LogP contribution in [-0.2, 0) is 19.4 Å². The van der Waals surface area contributed by atoms with Gasteiger partial charge >= 0.3 is 5.69 Å². The Balaban J connectivity index is 1.62. The molecule has 0 saturated carbocycles. The number of hydrogen-bond acceptors (Lipinski definition) is 5. The van der Waals surface area contributed by atoms with Gasteiger partial charge in [0.2, 0.25) is 0 Å². The molecule has 2 heterocycles. The van der Waals surface area contributed by atoms with Crippen molar-refractivity contribution in [2.45, 2.75) is 32.2 Å². The first kappa shape index (κ1) is 18.6. The lowest BCUT2D eigenvalue weighted by atomic mass is 10.0. The SMILES string of the molecule is O=C(Nc1nc2c(s1)CCCC2)c1c[nH]c(=O)n(Cc2ccccc2Cl)c1=O. The van der Waals surface area contributed by atoms with Crippen LogP contribution in [0.3, 0.4) is 0 Å². The largest absolute Gasteiger partial charge is 0.328 e. The van der Waals surface area contributed by atoms with Gasteiger partial charge in [-0.25, -0.2) is 9.78 Å². The van der Waals surface area contributed by atoms with Crippen molar-refractivity contribution >= 4 is 34.0 Å². The number of aromatic nitrogens is 3. The third kappa shape index (κ3) is 3.65. The number of aromatic amines is 1. The number of anilines is 1. The molecular weight excluding hydrogens is 400 g/mol. The van der Waals surface area contributed by atoms with Crippen LogP contribution in [0, 0.1) is 0 Å². The predicted molar refractivity (Wildman–Crippen MR) is 109 cm³/mol. The van der Waals surface area contributed by atoms with E-state index in [2.05, 4.69) is 15.3 Å². The number of fused-ring (bicyclic) bond motifs is 1. The van der Waals surface area contributed by atoms with Crippen LogP contribution in [0.5, 0.6) is 0 Å². The van der Waals surface area contributed by atoms with Crippen molar-refractivity contribution in [1.29, 1.82) is 0 Å². The molecule has 0 spiro atoms. The first-order valence-electron chi connectivity index (χ1n) is 8.89. The van der Waals surface area contributed by atoms with Crippen LogP contribution in [-0.4, -0.2) is 20.4 Å². The minimum Gasteiger partial charge on any atom is -0.313 e. The standard InChI is InChI=1S/C19H17ClN4O3S/c20-13-6-2-1-5-11(13)10-24-17(26)12(9-21-19(24)27)16(25)23-18-22-14-7-3-4-8-15(14)28-18/h1-2,5-6,9H,3-4,7-8,10H2,(H,21,27)(H,22,23,25). The summed E-state index contributed by atoms with van der Waals surface area (Å²) in [6, 6.07) is 6.93. The van der Waals surface area contributed by atoms with Gasteiger partial charge in [-0.1, -0.05) is 29.8 Å².